The van der Waals surface area contributed by atoms with Crippen molar-refractivity contribution in [2.75, 3.05) is 30.8 Å². The van der Waals surface area contributed by atoms with Gasteiger partial charge in [0.2, 0.25) is 21.8 Å². The summed E-state index contributed by atoms with van der Waals surface area (Å²) in [5.41, 5.74) is 1.13. The summed E-state index contributed by atoms with van der Waals surface area (Å²) in [5, 5.41) is 3.24. The van der Waals surface area contributed by atoms with Gasteiger partial charge in [-0.25, -0.2) is 8.42 Å². The zero-order valence-electron chi connectivity index (χ0n) is 20.0. The van der Waals surface area contributed by atoms with Crippen molar-refractivity contribution in [1.82, 2.24) is 10.2 Å². The van der Waals surface area contributed by atoms with Crippen molar-refractivity contribution in [1.29, 1.82) is 0 Å². The number of sulfonamides is 1. The minimum atomic E-state index is -3.61. The Morgan fingerprint density at radius 2 is 1.76 bits per heavy atom. The topological polar surface area (TPSA) is 96.0 Å². The molecule has 0 aliphatic heterocycles. The SMILES string of the molecule is CCNC(=O)[C@@H](C)N(Cc1ccccc1Cl)C(=O)CCCN(c1ccccc1OC)S(C)(=O)=O. The lowest BCUT2D eigenvalue weighted by Crippen LogP contribution is -2.47. The first kappa shape index (κ1) is 27.5. The summed E-state index contributed by atoms with van der Waals surface area (Å²) in [5.74, 6) is -0.119. The third kappa shape index (κ3) is 7.36. The number of likely N-dealkylation sites (N-methyl/N-ethyl adjacent to an activating group) is 1. The fourth-order valence-electron chi connectivity index (χ4n) is 3.53. The molecular weight excluding hydrogens is 478 g/mol. The van der Waals surface area contributed by atoms with Crippen molar-refractivity contribution in [3.05, 3.63) is 59.1 Å². The van der Waals surface area contributed by atoms with Crippen LogP contribution in [0.2, 0.25) is 5.02 Å². The van der Waals surface area contributed by atoms with Crippen LogP contribution in [0.1, 0.15) is 32.3 Å². The van der Waals surface area contributed by atoms with Gasteiger partial charge in [0, 0.05) is 31.1 Å². The molecule has 0 bridgehead atoms. The molecule has 1 N–H and O–H groups in total. The Hall–Kier alpha value is -2.78. The molecule has 0 aliphatic carbocycles. The predicted octanol–water partition coefficient (Wildman–Crippen LogP) is 3.45. The maximum absolute atomic E-state index is 13.2. The lowest BCUT2D eigenvalue weighted by Gasteiger charge is -2.29. The summed E-state index contributed by atoms with van der Waals surface area (Å²) in [4.78, 5) is 27.2. The highest BCUT2D eigenvalue weighted by molar-refractivity contribution is 7.92. The van der Waals surface area contributed by atoms with Gasteiger partial charge < -0.3 is 15.0 Å². The van der Waals surface area contributed by atoms with Crippen molar-refractivity contribution in [2.45, 2.75) is 39.3 Å². The van der Waals surface area contributed by atoms with E-state index in [1.54, 1.807) is 49.4 Å². The molecule has 10 heteroatoms. The molecule has 0 unspecified atom stereocenters. The van der Waals surface area contributed by atoms with E-state index < -0.39 is 16.1 Å². The minimum absolute atomic E-state index is 0.0510. The number of anilines is 1. The first-order chi connectivity index (χ1) is 16.1. The summed E-state index contributed by atoms with van der Waals surface area (Å²) >= 11 is 6.29. The van der Waals surface area contributed by atoms with Crippen LogP contribution in [0.5, 0.6) is 5.75 Å². The molecule has 0 radical (unpaired) electrons. The van der Waals surface area contributed by atoms with E-state index in [0.717, 1.165) is 11.8 Å². The van der Waals surface area contributed by atoms with Gasteiger partial charge in [-0.1, -0.05) is 41.9 Å². The lowest BCUT2D eigenvalue weighted by molar-refractivity contribution is -0.140. The number of rotatable bonds is 12. The average Bonchev–Trinajstić information content (AvgIpc) is 2.80. The number of amides is 2. The van der Waals surface area contributed by atoms with Gasteiger partial charge in [0.15, 0.2) is 0 Å². The molecule has 0 spiro atoms. The molecule has 2 aromatic carbocycles. The Kier molecular flexibility index (Phi) is 10.2. The number of hydrogen-bond donors (Lipinski definition) is 1. The number of ether oxygens (including phenoxy) is 1. The highest BCUT2D eigenvalue weighted by Crippen LogP contribution is 2.30. The second kappa shape index (κ2) is 12.6. The molecule has 2 rings (SSSR count). The van der Waals surface area contributed by atoms with Crippen molar-refractivity contribution in [2.24, 2.45) is 0 Å². The van der Waals surface area contributed by atoms with Crippen molar-refractivity contribution < 1.29 is 22.7 Å². The molecule has 0 aliphatic rings. The Balaban J connectivity index is 2.20. The van der Waals surface area contributed by atoms with Crippen LogP contribution in [0.3, 0.4) is 0 Å². The van der Waals surface area contributed by atoms with Crippen LogP contribution >= 0.6 is 11.6 Å². The van der Waals surface area contributed by atoms with E-state index in [1.165, 1.54) is 16.3 Å². The van der Waals surface area contributed by atoms with Gasteiger partial charge in [0.25, 0.3) is 0 Å². The highest BCUT2D eigenvalue weighted by Gasteiger charge is 2.27. The first-order valence-corrected chi connectivity index (χ1v) is 13.2. The monoisotopic (exact) mass is 509 g/mol. The Morgan fingerprint density at radius 3 is 2.38 bits per heavy atom. The van der Waals surface area contributed by atoms with E-state index in [9.17, 15) is 18.0 Å². The zero-order chi connectivity index (χ0) is 25.3. The molecule has 1 atom stereocenters. The molecule has 0 saturated carbocycles. The van der Waals surface area contributed by atoms with Gasteiger partial charge in [-0.3, -0.25) is 13.9 Å². The standard InChI is InChI=1S/C24H32ClN3O5S/c1-5-26-24(30)18(2)27(17-19-11-6-7-12-20(19)25)23(29)15-10-16-28(34(4,31)32)21-13-8-9-14-22(21)33-3/h6-9,11-14,18H,5,10,15-17H2,1-4H3,(H,26,30)/t18-/m1/s1. The van der Waals surface area contributed by atoms with E-state index in [1.807, 2.05) is 13.0 Å². The van der Waals surface area contributed by atoms with Crippen molar-refractivity contribution >= 4 is 39.1 Å². The van der Waals surface area contributed by atoms with Gasteiger partial charge in [-0.05, 0) is 44.0 Å². The van der Waals surface area contributed by atoms with Crippen LogP contribution in [0.25, 0.3) is 0 Å². The third-order valence-corrected chi connectivity index (χ3v) is 6.87. The summed E-state index contributed by atoms with van der Waals surface area (Å²) < 4.78 is 31.5. The van der Waals surface area contributed by atoms with Crippen molar-refractivity contribution in [3.63, 3.8) is 0 Å². The van der Waals surface area contributed by atoms with Gasteiger partial charge in [-0.2, -0.15) is 0 Å². The number of hydrogen-bond acceptors (Lipinski definition) is 5. The van der Waals surface area contributed by atoms with Crippen LogP contribution in [-0.2, 0) is 26.2 Å². The quantitative estimate of drug-likeness (QED) is 0.472. The first-order valence-electron chi connectivity index (χ1n) is 11.0. The fraction of sp³-hybridized carbons (Fsp3) is 0.417. The largest absolute Gasteiger partial charge is 0.495 e. The summed E-state index contributed by atoms with van der Waals surface area (Å²) in [6, 6.07) is 13.2. The van der Waals surface area contributed by atoms with Crippen LogP contribution in [0.4, 0.5) is 5.69 Å². The van der Waals surface area contributed by atoms with E-state index in [0.29, 0.717) is 23.0 Å². The number of para-hydroxylation sites is 2. The van der Waals surface area contributed by atoms with Gasteiger partial charge in [-0.15, -0.1) is 0 Å². The van der Waals surface area contributed by atoms with Crippen LogP contribution in [0.15, 0.2) is 48.5 Å². The van der Waals surface area contributed by atoms with Crippen LogP contribution in [0, 0.1) is 0 Å². The Labute approximate surface area is 206 Å². The molecular formula is C24H32ClN3O5S. The number of carbonyl (C=O) groups excluding carboxylic acids is 2. The maximum atomic E-state index is 13.2. The van der Waals surface area contributed by atoms with Gasteiger partial charge in [0.05, 0.1) is 19.1 Å². The molecule has 8 nitrogen and oxygen atoms in total. The number of carbonyl (C=O) groups is 2. The molecule has 34 heavy (non-hydrogen) atoms. The summed E-state index contributed by atoms with van der Waals surface area (Å²) in [6.07, 6.45) is 1.42. The molecule has 0 saturated heterocycles. The molecule has 186 valence electrons. The van der Waals surface area contributed by atoms with E-state index in [-0.39, 0.29) is 37.7 Å². The number of halogens is 1. The van der Waals surface area contributed by atoms with E-state index in [2.05, 4.69) is 5.32 Å². The zero-order valence-corrected chi connectivity index (χ0v) is 21.5. The van der Waals surface area contributed by atoms with Gasteiger partial charge >= 0.3 is 0 Å². The smallest absolute Gasteiger partial charge is 0.242 e. The molecule has 2 aromatic rings. The third-order valence-electron chi connectivity index (χ3n) is 5.32. The second-order valence-corrected chi connectivity index (χ2v) is 10.1. The number of methoxy groups -OCH3 is 1. The number of benzene rings is 2. The van der Waals surface area contributed by atoms with Crippen LogP contribution in [-0.4, -0.2) is 57.6 Å². The molecule has 2 amide bonds. The maximum Gasteiger partial charge on any atom is 0.242 e. The Bertz CT molecular complexity index is 1090. The summed E-state index contributed by atoms with van der Waals surface area (Å²) in [6.45, 7) is 4.17. The fourth-order valence-corrected chi connectivity index (χ4v) is 4.70. The van der Waals surface area contributed by atoms with Crippen LogP contribution < -0.4 is 14.4 Å². The Morgan fingerprint density at radius 1 is 1.12 bits per heavy atom. The number of nitrogens with zero attached hydrogens (tertiary/aromatic N) is 2. The molecule has 0 heterocycles. The predicted molar refractivity (Wildman–Crippen MR) is 135 cm³/mol. The molecule has 0 aromatic heterocycles. The van der Waals surface area contributed by atoms with Crippen molar-refractivity contribution in [3.8, 4) is 5.75 Å². The van der Waals surface area contributed by atoms with Gasteiger partial charge in [0.1, 0.15) is 11.8 Å². The average molecular weight is 510 g/mol. The summed E-state index contributed by atoms with van der Waals surface area (Å²) in [7, 11) is -2.14. The normalized spacial score (nSPS) is 12.0. The minimum Gasteiger partial charge on any atom is -0.495 e. The molecule has 0 fully saturated rings. The van der Waals surface area contributed by atoms with E-state index >= 15 is 0 Å². The highest BCUT2D eigenvalue weighted by atomic mass is 35.5. The second-order valence-electron chi connectivity index (χ2n) is 7.79. The van der Waals surface area contributed by atoms with E-state index in [4.69, 9.17) is 16.3 Å². The number of nitrogens with one attached hydrogen (secondary N) is 1. The lowest BCUT2D eigenvalue weighted by atomic mass is 10.1.